The van der Waals surface area contributed by atoms with Gasteiger partial charge in [-0.3, -0.25) is 14.4 Å². The fourth-order valence-electron chi connectivity index (χ4n) is 5.48. The second-order valence-corrected chi connectivity index (χ2v) is 10.4. The molecule has 1 amide bonds. The van der Waals surface area contributed by atoms with Crippen molar-refractivity contribution in [2.75, 3.05) is 23.4 Å². The maximum Gasteiger partial charge on any atom is 0.263 e. The number of ether oxygens (including phenoxy) is 1. The van der Waals surface area contributed by atoms with Crippen molar-refractivity contribution in [1.29, 1.82) is 0 Å². The number of halogens is 2. The molecule has 40 heavy (non-hydrogen) atoms. The lowest BCUT2D eigenvalue weighted by atomic mass is 10.0. The summed E-state index contributed by atoms with van der Waals surface area (Å²) in [6, 6.07) is 4.47. The SMILES string of the molecule is Cn1cnc2c(c(-c3cc(F)c(O)c(C=O)c3)cn2CC(=O)Nc2cc(N3C4CCC3COC4)ncc2Cl)c1=O. The number of hydrogen-bond acceptors (Lipinski definition) is 8. The van der Waals surface area contributed by atoms with Crippen LogP contribution in [0.25, 0.3) is 22.2 Å². The molecule has 2 atom stereocenters. The standard InChI is InChI=1S/C27H24ClFN6O5/c1-33-13-31-26-24(27(33)39)18(14-4-15(10-36)25(38)20(29)5-14)8-34(26)9-23(37)32-21-6-22(30-7-19(21)28)35-16-2-3-17(35)12-40-11-16/h4-8,10,13,16-17,38H,2-3,9,11-12H2,1H3,(H,30,32,37). The van der Waals surface area contributed by atoms with Gasteiger partial charge in [0, 0.05) is 24.9 Å². The van der Waals surface area contributed by atoms with Crippen molar-refractivity contribution in [1.82, 2.24) is 19.1 Å². The van der Waals surface area contributed by atoms with Crippen molar-refractivity contribution in [2.24, 2.45) is 7.05 Å². The molecule has 4 aromatic rings. The number of pyridine rings is 1. The number of aromatic hydroxyl groups is 1. The summed E-state index contributed by atoms with van der Waals surface area (Å²) in [4.78, 5) is 48.7. The highest BCUT2D eigenvalue weighted by Gasteiger charge is 2.38. The number of amides is 1. The molecule has 0 saturated carbocycles. The lowest BCUT2D eigenvalue weighted by molar-refractivity contribution is -0.116. The predicted molar refractivity (Wildman–Crippen MR) is 145 cm³/mol. The first kappa shape index (κ1) is 26.0. The van der Waals surface area contributed by atoms with Gasteiger partial charge in [-0.2, -0.15) is 0 Å². The fourth-order valence-corrected chi connectivity index (χ4v) is 5.63. The molecule has 2 aliphatic heterocycles. The van der Waals surface area contributed by atoms with Crippen molar-refractivity contribution >= 4 is 46.3 Å². The van der Waals surface area contributed by atoms with Gasteiger partial charge in [0.2, 0.25) is 5.91 Å². The van der Waals surface area contributed by atoms with Gasteiger partial charge in [0.25, 0.3) is 5.56 Å². The van der Waals surface area contributed by atoms with Gasteiger partial charge in [-0.15, -0.1) is 0 Å². The molecule has 2 bridgehead atoms. The number of anilines is 2. The van der Waals surface area contributed by atoms with E-state index in [1.165, 1.54) is 41.0 Å². The van der Waals surface area contributed by atoms with Gasteiger partial charge in [-0.25, -0.2) is 14.4 Å². The van der Waals surface area contributed by atoms with Crippen LogP contribution in [0.4, 0.5) is 15.9 Å². The van der Waals surface area contributed by atoms with Crippen molar-refractivity contribution in [3.05, 3.63) is 63.7 Å². The zero-order valence-electron chi connectivity index (χ0n) is 21.3. The van der Waals surface area contributed by atoms with Crippen LogP contribution in [-0.2, 0) is 23.1 Å². The van der Waals surface area contributed by atoms with Crippen LogP contribution in [0.3, 0.4) is 0 Å². The van der Waals surface area contributed by atoms with Gasteiger partial charge in [-0.1, -0.05) is 11.6 Å². The maximum atomic E-state index is 14.4. The Kier molecular flexibility index (Phi) is 6.51. The minimum absolute atomic E-state index is 0.131. The number of nitrogens with one attached hydrogen (secondary N) is 1. The molecule has 1 aromatic carbocycles. The number of morpholine rings is 1. The minimum atomic E-state index is -1.02. The Hall–Kier alpha value is -4.29. The molecule has 0 aliphatic carbocycles. The summed E-state index contributed by atoms with van der Waals surface area (Å²) in [5.74, 6) is -1.54. The first-order chi connectivity index (χ1) is 19.2. The zero-order valence-corrected chi connectivity index (χ0v) is 22.1. The Morgan fingerprint density at radius 1 is 1.25 bits per heavy atom. The Morgan fingerprint density at radius 2 is 2.00 bits per heavy atom. The van der Waals surface area contributed by atoms with Crippen LogP contribution in [0.1, 0.15) is 23.2 Å². The molecule has 13 heteroatoms. The van der Waals surface area contributed by atoms with Gasteiger partial charge in [-0.05, 0) is 30.5 Å². The molecule has 6 rings (SSSR count). The number of fused-ring (bicyclic) bond motifs is 3. The fraction of sp³-hybridized carbons (Fsp3) is 0.296. The van der Waals surface area contributed by atoms with E-state index in [4.69, 9.17) is 16.3 Å². The molecular formula is C27H24ClFN6O5. The number of carbonyl (C=O) groups is 2. The highest BCUT2D eigenvalue weighted by atomic mass is 35.5. The largest absolute Gasteiger partial charge is 0.504 e. The molecule has 2 fully saturated rings. The quantitative estimate of drug-likeness (QED) is 0.340. The van der Waals surface area contributed by atoms with E-state index in [9.17, 15) is 23.9 Å². The molecule has 5 heterocycles. The van der Waals surface area contributed by atoms with Gasteiger partial charge in [0.05, 0.1) is 59.5 Å². The number of aryl methyl sites for hydroxylation is 1. The third-order valence-corrected chi connectivity index (χ3v) is 7.70. The van der Waals surface area contributed by atoms with E-state index < -0.39 is 23.0 Å². The van der Waals surface area contributed by atoms with Gasteiger partial charge >= 0.3 is 0 Å². The zero-order chi connectivity index (χ0) is 28.1. The summed E-state index contributed by atoms with van der Waals surface area (Å²) in [6.07, 6.45) is 6.64. The highest BCUT2D eigenvalue weighted by Crippen LogP contribution is 2.36. The van der Waals surface area contributed by atoms with E-state index >= 15 is 0 Å². The first-order valence-electron chi connectivity index (χ1n) is 12.6. The van der Waals surface area contributed by atoms with Gasteiger partial charge in [0.1, 0.15) is 18.0 Å². The molecular weight excluding hydrogens is 543 g/mol. The van der Waals surface area contributed by atoms with Crippen molar-refractivity contribution in [3.8, 4) is 16.9 Å². The maximum absolute atomic E-state index is 14.4. The lowest BCUT2D eigenvalue weighted by Crippen LogP contribution is -2.46. The summed E-state index contributed by atoms with van der Waals surface area (Å²) in [6.45, 7) is 1.00. The number of rotatable bonds is 6. The Morgan fingerprint density at radius 3 is 2.73 bits per heavy atom. The average molecular weight is 567 g/mol. The second kappa shape index (κ2) is 10.0. The molecule has 0 spiro atoms. The number of aldehydes is 1. The van der Waals surface area contributed by atoms with Crippen LogP contribution in [-0.4, -0.2) is 61.7 Å². The Labute approximate surface area is 231 Å². The number of phenolic OH excluding ortho intramolecular Hbond substituents is 1. The smallest absolute Gasteiger partial charge is 0.263 e. The van der Waals surface area contributed by atoms with Crippen molar-refractivity contribution < 1.29 is 23.8 Å². The van der Waals surface area contributed by atoms with E-state index in [0.717, 1.165) is 18.9 Å². The number of phenols is 1. The van der Waals surface area contributed by atoms with E-state index in [-0.39, 0.29) is 51.4 Å². The summed E-state index contributed by atoms with van der Waals surface area (Å²) in [7, 11) is 1.51. The molecule has 11 nitrogen and oxygen atoms in total. The molecule has 0 radical (unpaired) electrons. The normalized spacial score (nSPS) is 18.3. The number of benzene rings is 1. The molecule has 2 saturated heterocycles. The number of aromatic nitrogens is 4. The number of carbonyl (C=O) groups excluding carboxylic acids is 2. The number of nitrogens with zero attached hydrogens (tertiary/aromatic N) is 5. The molecule has 2 aliphatic rings. The van der Waals surface area contributed by atoms with Gasteiger partial charge in [0.15, 0.2) is 17.9 Å². The second-order valence-electron chi connectivity index (χ2n) is 9.94. The lowest BCUT2D eigenvalue weighted by Gasteiger charge is -2.35. The van der Waals surface area contributed by atoms with E-state index in [1.54, 1.807) is 6.07 Å². The molecule has 3 aromatic heterocycles. The third-order valence-electron chi connectivity index (χ3n) is 7.40. The topological polar surface area (TPSA) is 132 Å². The van der Waals surface area contributed by atoms with Crippen LogP contribution >= 0.6 is 11.6 Å². The van der Waals surface area contributed by atoms with Crippen molar-refractivity contribution in [3.63, 3.8) is 0 Å². The summed E-state index contributed by atoms with van der Waals surface area (Å²) in [5, 5.41) is 13.1. The third kappa shape index (κ3) is 4.38. The minimum Gasteiger partial charge on any atom is -0.504 e. The van der Waals surface area contributed by atoms with Gasteiger partial charge < -0.3 is 29.2 Å². The average Bonchev–Trinajstić information content (AvgIpc) is 3.42. The molecule has 2 unspecified atom stereocenters. The summed E-state index contributed by atoms with van der Waals surface area (Å²) in [5.41, 5.74) is 0.313. The van der Waals surface area contributed by atoms with Crippen LogP contribution in [0.15, 0.2) is 41.7 Å². The first-order valence-corrected chi connectivity index (χ1v) is 13.0. The highest BCUT2D eigenvalue weighted by molar-refractivity contribution is 6.33. The van der Waals surface area contributed by atoms with E-state index in [2.05, 4.69) is 20.2 Å². The van der Waals surface area contributed by atoms with Crippen LogP contribution in [0, 0.1) is 5.82 Å². The summed E-state index contributed by atoms with van der Waals surface area (Å²) >= 11 is 6.38. The molecule has 2 N–H and O–H groups in total. The summed E-state index contributed by atoms with van der Waals surface area (Å²) < 4.78 is 22.8. The van der Waals surface area contributed by atoms with E-state index in [0.29, 0.717) is 31.0 Å². The Balaban J connectivity index is 1.33. The van der Waals surface area contributed by atoms with E-state index in [1.807, 2.05) is 0 Å². The van der Waals surface area contributed by atoms with Crippen LogP contribution < -0.4 is 15.8 Å². The van der Waals surface area contributed by atoms with Crippen LogP contribution in [0.5, 0.6) is 5.75 Å². The van der Waals surface area contributed by atoms with Crippen molar-refractivity contribution in [2.45, 2.75) is 31.5 Å². The van der Waals surface area contributed by atoms with Crippen LogP contribution in [0.2, 0.25) is 5.02 Å². The number of hydrogen-bond donors (Lipinski definition) is 2. The Bertz CT molecular complexity index is 1720. The molecule has 206 valence electrons. The monoisotopic (exact) mass is 566 g/mol. The predicted octanol–water partition coefficient (Wildman–Crippen LogP) is 3.11.